The monoisotopic (exact) mass is 214 g/mol. The van der Waals surface area contributed by atoms with Crippen molar-refractivity contribution in [1.29, 1.82) is 0 Å². The fraction of sp³-hybridized carbons (Fsp3) is 0.231. The lowest BCUT2D eigenvalue weighted by atomic mass is 10.2. The summed E-state index contributed by atoms with van der Waals surface area (Å²) in [5.41, 5.74) is 3.09. The van der Waals surface area contributed by atoms with Crippen LogP contribution in [0.2, 0.25) is 0 Å². The van der Waals surface area contributed by atoms with Gasteiger partial charge < -0.3 is 4.74 Å². The molecule has 0 N–H and O–H groups in total. The third kappa shape index (κ3) is 2.37. The molecule has 1 heterocycles. The first-order valence-corrected chi connectivity index (χ1v) is 5.22. The summed E-state index contributed by atoms with van der Waals surface area (Å²) in [7, 11) is 0. The Morgan fingerprint density at radius 3 is 2.56 bits per heavy atom. The summed E-state index contributed by atoms with van der Waals surface area (Å²) in [6.45, 7) is 4.46. The number of nitrogens with zero attached hydrogens (tertiary/aromatic N) is 2. The average Bonchev–Trinajstić information content (AvgIpc) is 2.32. The van der Waals surface area contributed by atoms with Crippen LogP contribution in [0, 0.1) is 13.8 Å². The summed E-state index contributed by atoms with van der Waals surface area (Å²) in [5.74, 6) is 0.663. The second-order valence-corrected chi connectivity index (χ2v) is 3.66. The summed E-state index contributed by atoms with van der Waals surface area (Å²) < 4.78 is 5.65. The molecule has 2 aromatic rings. The third-order valence-electron chi connectivity index (χ3n) is 2.51. The van der Waals surface area contributed by atoms with Crippen molar-refractivity contribution >= 4 is 0 Å². The molecule has 3 nitrogen and oxygen atoms in total. The Bertz CT molecular complexity index is 469. The van der Waals surface area contributed by atoms with E-state index in [1.807, 2.05) is 44.2 Å². The van der Waals surface area contributed by atoms with Crippen molar-refractivity contribution in [2.45, 2.75) is 20.5 Å². The first-order chi connectivity index (χ1) is 7.77. The van der Waals surface area contributed by atoms with Gasteiger partial charge in [-0.2, -0.15) is 0 Å². The summed E-state index contributed by atoms with van der Waals surface area (Å²) in [4.78, 5) is 8.22. The number of aryl methyl sites for hydroxylation is 1. The lowest BCUT2D eigenvalue weighted by Gasteiger charge is -2.08. The molecule has 0 radical (unpaired) electrons. The Morgan fingerprint density at radius 2 is 1.81 bits per heavy atom. The minimum Gasteiger partial charge on any atom is -0.473 e. The van der Waals surface area contributed by atoms with Crippen LogP contribution in [0.15, 0.2) is 36.7 Å². The van der Waals surface area contributed by atoms with Gasteiger partial charge in [-0.1, -0.05) is 30.3 Å². The zero-order chi connectivity index (χ0) is 11.4. The highest BCUT2D eigenvalue weighted by atomic mass is 16.5. The second kappa shape index (κ2) is 4.75. The molecule has 1 aromatic heterocycles. The molecule has 0 atom stereocenters. The van der Waals surface area contributed by atoms with Gasteiger partial charge in [0.2, 0.25) is 5.88 Å². The highest BCUT2D eigenvalue weighted by Gasteiger charge is 2.04. The van der Waals surface area contributed by atoms with Gasteiger partial charge in [0, 0.05) is 11.3 Å². The zero-order valence-corrected chi connectivity index (χ0v) is 9.47. The quantitative estimate of drug-likeness (QED) is 0.787. The summed E-state index contributed by atoms with van der Waals surface area (Å²) in [6, 6.07) is 10.0. The smallest absolute Gasteiger partial charge is 0.219 e. The molecule has 0 unspecified atom stereocenters. The largest absolute Gasteiger partial charge is 0.473 e. The number of ether oxygens (including phenoxy) is 1. The first kappa shape index (κ1) is 10.6. The van der Waals surface area contributed by atoms with E-state index < -0.39 is 0 Å². The number of aromatic nitrogens is 2. The maximum atomic E-state index is 5.65. The van der Waals surface area contributed by atoms with Gasteiger partial charge in [-0.15, -0.1) is 0 Å². The summed E-state index contributed by atoms with van der Waals surface area (Å²) in [5, 5.41) is 0. The van der Waals surface area contributed by atoms with E-state index in [2.05, 4.69) is 9.97 Å². The topological polar surface area (TPSA) is 35.0 Å². The Hall–Kier alpha value is -1.90. The lowest BCUT2D eigenvalue weighted by Crippen LogP contribution is -2.01. The van der Waals surface area contributed by atoms with Gasteiger partial charge in [0.25, 0.3) is 0 Å². The fourth-order valence-electron chi connectivity index (χ4n) is 1.39. The van der Waals surface area contributed by atoms with Crippen LogP contribution in [0.3, 0.4) is 0 Å². The molecule has 2 rings (SSSR count). The van der Waals surface area contributed by atoms with E-state index in [-0.39, 0.29) is 0 Å². The molecule has 0 spiro atoms. The normalized spacial score (nSPS) is 10.1. The van der Waals surface area contributed by atoms with E-state index in [0.717, 1.165) is 16.8 Å². The molecule has 0 amide bonds. The number of hydrogen-bond donors (Lipinski definition) is 0. The molecule has 1 aromatic carbocycles. The maximum Gasteiger partial charge on any atom is 0.219 e. The van der Waals surface area contributed by atoms with Gasteiger partial charge in [-0.3, -0.25) is 0 Å². The molecule has 0 fully saturated rings. The van der Waals surface area contributed by atoms with Crippen LogP contribution in [0.5, 0.6) is 5.88 Å². The van der Waals surface area contributed by atoms with Crippen molar-refractivity contribution in [3.8, 4) is 5.88 Å². The van der Waals surface area contributed by atoms with E-state index in [1.165, 1.54) is 6.33 Å². The predicted octanol–water partition coefficient (Wildman–Crippen LogP) is 2.67. The molecule has 3 heteroatoms. The van der Waals surface area contributed by atoms with Crippen LogP contribution < -0.4 is 4.74 Å². The number of hydrogen-bond acceptors (Lipinski definition) is 3. The van der Waals surface area contributed by atoms with Crippen LogP contribution in [0.1, 0.15) is 16.8 Å². The highest BCUT2D eigenvalue weighted by molar-refractivity contribution is 5.27. The number of benzene rings is 1. The molecule has 0 bridgehead atoms. The zero-order valence-electron chi connectivity index (χ0n) is 9.47. The fourth-order valence-corrected chi connectivity index (χ4v) is 1.39. The Balaban J connectivity index is 2.08. The van der Waals surface area contributed by atoms with Crippen LogP contribution in [-0.4, -0.2) is 9.97 Å². The van der Waals surface area contributed by atoms with E-state index in [0.29, 0.717) is 12.5 Å². The van der Waals surface area contributed by atoms with Crippen molar-refractivity contribution < 1.29 is 4.74 Å². The van der Waals surface area contributed by atoms with Gasteiger partial charge in [0.15, 0.2) is 0 Å². The Morgan fingerprint density at radius 1 is 1.06 bits per heavy atom. The van der Waals surface area contributed by atoms with Crippen molar-refractivity contribution in [3.05, 3.63) is 53.5 Å². The summed E-state index contributed by atoms with van der Waals surface area (Å²) in [6.07, 6.45) is 1.53. The van der Waals surface area contributed by atoms with E-state index in [4.69, 9.17) is 4.74 Å². The Labute approximate surface area is 95.1 Å². The van der Waals surface area contributed by atoms with Crippen molar-refractivity contribution in [1.82, 2.24) is 9.97 Å². The minimum absolute atomic E-state index is 0.540. The SMILES string of the molecule is Cc1ncnc(OCc2ccccc2)c1C. The third-order valence-corrected chi connectivity index (χ3v) is 2.51. The van der Waals surface area contributed by atoms with Crippen LogP contribution in [-0.2, 0) is 6.61 Å². The highest BCUT2D eigenvalue weighted by Crippen LogP contribution is 2.16. The molecular formula is C13H14N2O. The molecule has 82 valence electrons. The molecule has 0 aliphatic rings. The van der Waals surface area contributed by atoms with Crippen LogP contribution >= 0.6 is 0 Å². The molecule has 0 saturated carbocycles. The Kier molecular flexibility index (Phi) is 3.15. The second-order valence-electron chi connectivity index (χ2n) is 3.66. The summed E-state index contributed by atoms with van der Waals surface area (Å²) >= 11 is 0. The average molecular weight is 214 g/mol. The van der Waals surface area contributed by atoms with Crippen molar-refractivity contribution in [3.63, 3.8) is 0 Å². The predicted molar refractivity (Wildman–Crippen MR) is 62.3 cm³/mol. The van der Waals surface area contributed by atoms with E-state index in [9.17, 15) is 0 Å². The van der Waals surface area contributed by atoms with Gasteiger partial charge in [0.1, 0.15) is 12.9 Å². The van der Waals surface area contributed by atoms with Gasteiger partial charge in [-0.05, 0) is 19.4 Å². The van der Waals surface area contributed by atoms with Gasteiger partial charge >= 0.3 is 0 Å². The lowest BCUT2D eigenvalue weighted by molar-refractivity contribution is 0.290. The van der Waals surface area contributed by atoms with Gasteiger partial charge in [-0.25, -0.2) is 9.97 Å². The molecule has 16 heavy (non-hydrogen) atoms. The first-order valence-electron chi connectivity index (χ1n) is 5.22. The van der Waals surface area contributed by atoms with Crippen molar-refractivity contribution in [2.24, 2.45) is 0 Å². The standard InChI is InChI=1S/C13H14N2O/c1-10-11(2)14-9-15-13(10)16-8-12-6-4-3-5-7-12/h3-7,9H,8H2,1-2H3. The van der Waals surface area contributed by atoms with E-state index in [1.54, 1.807) is 0 Å². The van der Waals surface area contributed by atoms with Crippen LogP contribution in [0.25, 0.3) is 0 Å². The van der Waals surface area contributed by atoms with Crippen molar-refractivity contribution in [2.75, 3.05) is 0 Å². The molecule has 0 saturated heterocycles. The molecule has 0 aliphatic heterocycles. The minimum atomic E-state index is 0.540. The number of rotatable bonds is 3. The van der Waals surface area contributed by atoms with Gasteiger partial charge in [0.05, 0.1) is 0 Å². The molecular weight excluding hydrogens is 200 g/mol. The van der Waals surface area contributed by atoms with E-state index >= 15 is 0 Å². The van der Waals surface area contributed by atoms with Crippen LogP contribution in [0.4, 0.5) is 0 Å². The maximum absolute atomic E-state index is 5.65. The molecule has 0 aliphatic carbocycles.